The zero-order valence-electron chi connectivity index (χ0n) is 7.35. The van der Waals surface area contributed by atoms with E-state index in [1.807, 2.05) is 0 Å². The van der Waals surface area contributed by atoms with Gasteiger partial charge in [0.2, 0.25) is 6.41 Å². The number of pyridine rings is 1. The molecule has 14 heavy (non-hydrogen) atoms. The van der Waals surface area contributed by atoms with Crippen LogP contribution in [0.15, 0.2) is 12.1 Å². The van der Waals surface area contributed by atoms with Gasteiger partial charge in [0.1, 0.15) is 11.3 Å². The van der Waals surface area contributed by atoms with Crippen LogP contribution in [-0.2, 0) is 11.3 Å². The Kier molecular flexibility index (Phi) is 2.39. The minimum absolute atomic E-state index is 0.282. The number of amides is 1. The molecule has 0 aromatic carbocycles. The number of hydrogen-bond donors (Lipinski definition) is 1. The zero-order chi connectivity index (χ0) is 10.1. The van der Waals surface area contributed by atoms with E-state index in [-0.39, 0.29) is 6.54 Å². The summed E-state index contributed by atoms with van der Waals surface area (Å²) in [4.78, 5) is 16.1. The van der Waals surface area contributed by atoms with Crippen molar-refractivity contribution >= 4 is 18.0 Å². The molecule has 5 heteroatoms. The van der Waals surface area contributed by atoms with E-state index in [4.69, 9.17) is 11.6 Å². The third-order valence-corrected chi connectivity index (χ3v) is 2.43. The van der Waals surface area contributed by atoms with Crippen LogP contribution in [0.3, 0.4) is 0 Å². The third kappa shape index (κ3) is 1.58. The Morgan fingerprint density at radius 3 is 3.14 bits per heavy atom. The monoisotopic (exact) mass is 212 g/mol. The van der Waals surface area contributed by atoms with Gasteiger partial charge in [-0.3, -0.25) is 4.79 Å². The van der Waals surface area contributed by atoms with Crippen LogP contribution in [0.5, 0.6) is 0 Å². The fourth-order valence-corrected chi connectivity index (χ4v) is 1.73. The van der Waals surface area contributed by atoms with Crippen molar-refractivity contribution in [2.75, 3.05) is 6.54 Å². The number of hydrogen-bond acceptors (Lipinski definition) is 3. The lowest BCUT2D eigenvalue weighted by molar-refractivity contribution is -0.120. The van der Waals surface area contributed by atoms with Gasteiger partial charge in [-0.25, -0.2) is 4.98 Å². The summed E-state index contributed by atoms with van der Waals surface area (Å²) in [5.74, 6) is 0. The maximum absolute atomic E-state index is 10.6. The first kappa shape index (κ1) is 9.43. The average molecular weight is 213 g/mol. The molecule has 1 atom stereocenters. The predicted octanol–water partition coefficient (Wildman–Crippen LogP) is 0.740. The normalized spacial score (nSPS) is 20.4. The van der Waals surface area contributed by atoms with Crippen molar-refractivity contribution in [3.05, 3.63) is 28.5 Å². The van der Waals surface area contributed by atoms with Crippen LogP contribution in [0, 0.1) is 0 Å². The lowest BCUT2D eigenvalue weighted by Crippen LogP contribution is -2.33. The molecule has 4 nitrogen and oxygen atoms in total. The fraction of sp³-hybridized carbons (Fsp3) is 0.333. The van der Waals surface area contributed by atoms with Crippen molar-refractivity contribution < 1.29 is 9.90 Å². The van der Waals surface area contributed by atoms with E-state index in [1.54, 1.807) is 12.1 Å². The molecular weight excluding hydrogens is 204 g/mol. The topological polar surface area (TPSA) is 53.4 Å². The first-order chi connectivity index (χ1) is 6.70. The number of aromatic nitrogens is 1. The summed E-state index contributed by atoms with van der Waals surface area (Å²) >= 11 is 5.71. The number of carbonyl (C=O) groups excluding carboxylic acids is 1. The van der Waals surface area contributed by atoms with Gasteiger partial charge in [-0.15, -0.1) is 0 Å². The number of β-amino-alcohol motifs (C(OH)–C–C–N with tert-alkyl or cyclic N) is 1. The van der Waals surface area contributed by atoms with E-state index in [9.17, 15) is 9.90 Å². The van der Waals surface area contributed by atoms with E-state index in [0.717, 1.165) is 12.0 Å². The van der Waals surface area contributed by atoms with Crippen molar-refractivity contribution in [2.45, 2.75) is 12.6 Å². The van der Waals surface area contributed by atoms with Gasteiger partial charge in [-0.05, 0) is 11.6 Å². The highest BCUT2D eigenvalue weighted by Gasteiger charge is 2.23. The Bertz CT molecular complexity index is 370. The summed E-state index contributed by atoms with van der Waals surface area (Å²) in [6.45, 7) is 0.768. The summed E-state index contributed by atoms with van der Waals surface area (Å²) in [6.07, 6.45) is -0.0107. The molecule has 0 radical (unpaired) electrons. The second-order valence-corrected chi connectivity index (χ2v) is 3.62. The Hall–Kier alpha value is -1.13. The van der Waals surface area contributed by atoms with Crippen molar-refractivity contribution in [3.8, 4) is 0 Å². The third-order valence-electron chi connectivity index (χ3n) is 2.22. The first-order valence-corrected chi connectivity index (χ1v) is 4.61. The predicted molar refractivity (Wildman–Crippen MR) is 50.7 cm³/mol. The van der Waals surface area contributed by atoms with Gasteiger partial charge in [0, 0.05) is 6.54 Å². The lowest BCUT2D eigenvalue weighted by atomic mass is 10.0. The maximum Gasteiger partial charge on any atom is 0.210 e. The molecule has 0 fully saturated rings. The molecule has 0 bridgehead atoms. The molecule has 0 spiro atoms. The summed E-state index contributed by atoms with van der Waals surface area (Å²) in [5, 5.41) is 10.0. The summed E-state index contributed by atoms with van der Waals surface area (Å²) in [6, 6.07) is 3.44. The van der Waals surface area contributed by atoms with Crippen LogP contribution in [-0.4, -0.2) is 27.9 Å². The quantitative estimate of drug-likeness (QED) is 0.552. The molecular formula is C9H9ClN2O2. The Balaban J connectivity index is 2.39. The minimum Gasteiger partial charge on any atom is -0.385 e. The molecule has 0 saturated heterocycles. The maximum atomic E-state index is 10.6. The van der Waals surface area contributed by atoms with Crippen molar-refractivity contribution in [1.29, 1.82) is 0 Å². The van der Waals surface area contributed by atoms with E-state index in [2.05, 4.69) is 4.98 Å². The summed E-state index contributed by atoms with van der Waals surface area (Å²) in [5.41, 5.74) is 1.43. The molecule has 1 unspecified atom stereocenters. The van der Waals surface area contributed by atoms with Crippen LogP contribution in [0.2, 0.25) is 5.15 Å². The number of carbonyl (C=O) groups is 1. The summed E-state index contributed by atoms with van der Waals surface area (Å²) < 4.78 is 0. The van der Waals surface area contributed by atoms with Gasteiger partial charge in [0.25, 0.3) is 0 Å². The Labute approximate surface area is 86.1 Å². The van der Waals surface area contributed by atoms with Gasteiger partial charge in [-0.1, -0.05) is 17.7 Å². The molecule has 1 aromatic heterocycles. The van der Waals surface area contributed by atoms with Gasteiger partial charge < -0.3 is 10.0 Å². The van der Waals surface area contributed by atoms with E-state index in [0.29, 0.717) is 17.4 Å². The van der Waals surface area contributed by atoms with E-state index >= 15 is 0 Å². The highest BCUT2D eigenvalue weighted by molar-refractivity contribution is 6.29. The molecule has 2 heterocycles. The van der Waals surface area contributed by atoms with Gasteiger partial charge >= 0.3 is 0 Å². The second-order valence-electron chi connectivity index (χ2n) is 3.23. The smallest absolute Gasteiger partial charge is 0.210 e. The molecule has 1 aromatic rings. The molecule has 0 saturated carbocycles. The number of aliphatic hydroxyl groups is 1. The zero-order valence-corrected chi connectivity index (χ0v) is 8.11. The van der Waals surface area contributed by atoms with E-state index in [1.165, 1.54) is 4.90 Å². The number of rotatable bonds is 1. The van der Waals surface area contributed by atoms with Crippen LogP contribution >= 0.6 is 11.6 Å². The van der Waals surface area contributed by atoms with Gasteiger partial charge in [0.15, 0.2) is 0 Å². The number of halogens is 1. The number of aliphatic hydroxyl groups excluding tert-OH is 1. The largest absolute Gasteiger partial charge is 0.385 e. The molecule has 0 aliphatic carbocycles. The van der Waals surface area contributed by atoms with Crippen molar-refractivity contribution in [1.82, 2.24) is 9.88 Å². The van der Waals surface area contributed by atoms with Crippen LogP contribution in [0.1, 0.15) is 17.4 Å². The van der Waals surface area contributed by atoms with Crippen molar-refractivity contribution in [2.24, 2.45) is 0 Å². The fourth-order valence-electron chi connectivity index (χ4n) is 1.57. The SMILES string of the molecule is O=CN1Cc2ccc(Cl)nc2C(O)C1. The van der Waals surface area contributed by atoms with Crippen LogP contribution < -0.4 is 0 Å². The molecule has 1 amide bonds. The highest BCUT2D eigenvalue weighted by Crippen LogP contribution is 2.25. The highest BCUT2D eigenvalue weighted by atomic mass is 35.5. The van der Waals surface area contributed by atoms with Gasteiger partial charge in [-0.2, -0.15) is 0 Å². The van der Waals surface area contributed by atoms with Crippen LogP contribution in [0.4, 0.5) is 0 Å². The molecule has 2 rings (SSSR count). The number of fused-ring (bicyclic) bond motifs is 1. The van der Waals surface area contributed by atoms with Crippen LogP contribution in [0.25, 0.3) is 0 Å². The molecule has 1 aliphatic heterocycles. The Morgan fingerprint density at radius 2 is 2.43 bits per heavy atom. The standard InChI is InChI=1S/C9H9ClN2O2/c10-8-2-1-6-3-12(5-13)4-7(14)9(6)11-8/h1-2,5,7,14H,3-4H2. The first-order valence-electron chi connectivity index (χ1n) is 4.23. The molecule has 1 aliphatic rings. The molecule has 1 N–H and O–H groups in total. The average Bonchev–Trinajstić information content (AvgIpc) is 2.19. The lowest BCUT2D eigenvalue weighted by Gasteiger charge is -2.28. The molecule has 74 valence electrons. The van der Waals surface area contributed by atoms with E-state index < -0.39 is 6.10 Å². The van der Waals surface area contributed by atoms with Gasteiger partial charge in [0.05, 0.1) is 12.2 Å². The Morgan fingerprint density at radius 1 is 1.64 bits per heavy atom. The second kappa shape index (κ2) is 3.55. The minimum atomic E-state index is -0.734. The number of nitrogens with zero attached hydrogens (tertiary/aromatic N) is 2. The van der Waals surface area contributed by atoms with Crippen molar-refractivity contribution in [3.63, 3.8) is 0 Å². The summed E-state index contributed by atoms with van der Waals surface area (Å²) in [7, 11) is 0.